The fourth-order valence-corrected chi connectivity index (χ4v) is 3.20. The maximum atomic E-state index is 5.74. The van der Waals surface area contributed by atoms with Gasteiger partial charge in [0.15, 0.2) is 5.13 Å². The molecule has 1 aliphatic carbocycles. The fourth-order valence-electron chi connectivity index (χ4n) is 1.86. The minimum Gasteiger partial charge on any atom is -0.389 e. The number of thiocarbonyl (C=S) groups is 1. The molecular formula is C13H12BrN3S2. The Labute approximate surface area is 129 Å². The number of benzene rings is 1. The van der Waals surface area contributed by atoms with Crippen molar-refractivity contribution in [2.24, 2.45) is 5.73 Å². The molecular weight excluding hydrogens is 342 g/mol. The van der Waals surface area contributed by atoms with Gasteiger partial charge in [0.2, 0.25) is 0 Å². The largest absolute Gasteiger partial charge is 0.389 e. The van der Waals surface area contributed by atoms with Crippen molar-refractivity contribution >= 4 is 55.3 Å². The lowest BCUT2D eigenvalue weighted by molar-refractivity contribution is 1.05. The number of hydrogen-bond donors (Lipinski definition) is 2. The van der Waals surface area contributed by atoms with Gasteiger partial charge in [-0.3, -0.25) is 0 Å². The molecule has 1 saturated carbocycles. The van der Waals surface area contributed by atoms with Crippen molar-refractivity contribution in [3.8, 4) is 0 Å². The molecule has 0 aliphatic heterocycles. The van der Waals surface area contributed by atoms with Crippen LogP contribution in [0.4, 0.5) is 10.8 Å². The highest BCUT2D eigenvalue weighted by Gasteiger charge is 2.26. The molecule has 0 radical (unpaired) electrons. The monoisotopic (exact) mass is 353 g/mol. The van der Waals surface area contributed by atoms with Crippen molar-refractivity contribution in [2.45, 2.75) is 18.8 Å². The van der Waals surface area contributed by atoms with Crippen LogP contribution in [-0.4, -0.2) is 9.97 Å². The van der Waals surface area contributed by atoms with Crippen molar-refractivity contribution in [2.75, 3.05) is 5.32 Å². The Balaban J connectivity index is 1.88. The molecule has 98 valence electrons. The van der Waals surface area contributed by atoms with Crippen LogP contribution in [0.15, 0.2) is 28.1 Å². The van der Waals surface area contributed by atoms with Crippen LogP contribution in [-0.2, 0) is 0 Å². The second kappa shape index (κ2) is 5.19. The number of hydrogen-bond acceptors (Lipinski definition) is 4. The molecule has 0 atom stereocenters. The van der Waals surface area contributed by atoms with E-state index >= 15 is 0 Å². The van der Waals surface area contributed by atoms with Crippen LogP contribution in [0.5, 0.6) is 0 Å². The van der Waals surface area contributed by atoms with Gasteiger partial charge in [-0.25, -0.2) is 4.98 Å². The number of rotatable bonds is 4. The molecule has 2 aromatic rings. The van der Waals surface area contributed by atoms with Crippen LogP contribution in [0.1, 0.15) is 30.0 Å². The molecule has 1 aromatic heterocycles. The zero-order chi connectivity index (χ0) is 13.4. The molecule has 6 heteroatoms. The van der Waals surface area contributed by atoms with E-state index in [4.69, 9.17) is 18.0 Å². The SMILES string of the molecule is NC(=S)c1ccc(Br)cc1Nc1nc(C2CC2)cs1. The molecule has 0 spiro atoms. The number of halogens is 1. The van der Waals surface area contributed by atoms with Gasteiger partial charge in [0, 0.05) is 21.3 Å². The van der Waals surface area contributed by atoms with Gasteiger partial charge in [0.05, 0.1) is 11.4 Å². The summed E-state index contributed by atoms with van der Waals surface area (Å²) in [5.74, 6) is 0.671. The fraction of sp³-hybridized carbons (Fsp3) is 0.231. The van der Waals surface area contributed by atoms with Crippen LogP contribution in [0.3, 0.4) is 0 Å². The van der Waals surface area contributed by atoms with Gasteiger partial charge in [-0.15, -0.1) is 11.3 Å². The van der Waals surface area contributed by atoms with Crippen LogP contribution < -0.4 is 11.1 Å². The third-order valence-corrected chi connectivity index (χ3v) is 4.50. The van der Waals surface area contributed by atoms with E-state index in [0.717, 1.165) is 20.9 Å². The Hall–Kier alpha value is -0.980. The Morgan fingerprint density at radius 3 is 2.95 bits per heavy atom. The average molecular weight is 354 g/mol. The Bertz CT molecular complexity index is 635. The minimum atomic E-state index is 0.383. The molecule has 1 aliphatic rings. The number of thiazole rings is 1. The number of nitrogens with two attached hydrogens (primary N) is 1. The number of anilines is 2. The lowest BCUT2D eigenvalue weighted by atomic mass is 10.2. The first-order chi connectivity index (χ1) is 9.13. The minimum absolute atomic E-state index is 0.383. The van der Waals surface area contributed by atoms with E-state index in [1.807, 2.05) is 18.2 Å². The molecule has 1 heterocycles. The van der Waals surface area contributed by atoms with Crippen LogP contribution in [0.2, 0.25) is 0 Å². The maximum absolute atomic E-state index is 5.74. The zero-order valence-corrected chi connectivity index (χ0v) is 13.2. The Morgan fingerprint density at radius 2 is 2.26 bits per heavy atom. The van der Waals surface area contributed by atoms with Crippen LogP contribution >= 0.6 is 39.5 Å². The van der Waals surface area contributed by atoms with Gasteiger partial charge in [-0.2, -0.15) is 0 Å². The summed E-state index contributed by atoms with van der Waals surface area (Å²) in [6, 6.07) is 5.80. The molecule has 0 unspecified atom stereocenters. The van der Waals surface area contributed by atoms with Gasteiger partial charge in [0.25, 0.3) is 0 Å². The summed E-state index contributed by atoms with van der Waals surface area (Å²) in [7, 11) is 0. The third kappa shape index (κ3) is 2.96. The van der Waals surface area contributed by atoms with Crippen LogP contribution in [0, 0.1) is 0 Å². The van der Waals surface area contributed by atoms with Crippen molar-refractivity contribution in [3.05, 3.63) is 39.3 Å². The van der Waals surface area contributed by atoms with Gasteiger partial charge in [0.1, 0.15) is 4.99 Å². The van der Waals surface area contributed by atoms with Crippen molar-refractivity contribution < 1.29 is 0 Å². The van der Waals surface area contributed by atoms with E-state index < -0.39 is 0 Å². The second-order valence-corrected chi connectivity index (χ2v) is 6.74. The zero-order valence-electron chi connectivity index (χ0n) is 10.0. The van der Waals surface area contributed by atoms with Crippen molar-refractivity contribution in [1.82, 2.24) is 4.98 Å². The normalized spacial score (nSPS) is 14.4. The predicted molar refractivity (Wildman–Crippen MR) is 87.4 cm³/mol. The average Bonchev–Trinajstić information content (AvgIpc) is 3.10. The van der Waals surface area contributed by atoms with Gasteiger partial charge >= 0.3 is 0 Å². The summed E-state index contributed by atoms with van der Waals surface area (Å²) in [4.78, 5) is 4.99. The molecule has 3 rings (SSSR count). The number of nitrogens with zero attached hydrogens (tertiary/aromatic N) is 1. The lowest BCUT2D eigenvalue weighted by Gasteiger charge is -2.09. The molecule has 19 heavy (non-hydrogen) atoms. The first-order valence-corrected chi connectivity index (χ1v) is 8.03. The van der Waals surface area contributed by atoms with Crippen LogP contribution in [0.25, 0.3) is 0 Å². The maximum Gasteiger partial charge on any atom is 0.187 e. The molecule has 3 nitrogen and oxygen atoms in total. The van der Waals surface area contributed by atoms with E-state index in [2.05, 4.69) is 31.6 Å². The first-order valence-electron chi connectivity index (χ1n) is 5.95. The topological polar surface area (TPSA) is 50.9 Å². The van der Waals surface area contributed by atoms with E-state index in [-0.39, 0.29) is 0 Å². The quantitative estimate of drug-likeness (QED) is 0.810. The highest BCUT2D eigenvalue weighted by atomic mass is 79.9. The van der Waals surface area contributed by atoms with E-state index in [1.54, 1.807) is 11.3 Å². The second-order valence-electron chi connectivity index (χ2n) is 4.53. The van der Waals surface area contributed by atoms with Gasteiger partial charge < -0.3 is 11.1 Å². The summed E-state index contributed by atoms with van der Waals surface area (Å²) < 4.78 is 0.981. The van der Waals surface area contributed by atoms with Crippen molar-refractivity contribution in [3.63, 3.8) is 0 Å². The highest BCUT2D eigenvalue weighted by Crippen LogP contribution is 2.41. The Morgan fingerprint density at radius 1 is 1.47 bits per heavy atom. The molecule has 0 bridgehead atoms. The summed E-state index contributed by atoms with van der Waals surface area (Å²) in [6.45, 7) is 0. The summed E-state index contributed by atoms with van der Waals surface area (Å²) in [5.41, 5.74) is 8.66. The van der Waals surface area contributed by atoms with E-state index in [0.29, 0.717) is 10.9 Å². The third-order valence-electron chi connectivity index (χ3n) is 3.01. The van der Waals surface area contributed by atoms with E-state index in [1.165, 1.54) is 18.5 Å². The molecule has 1 fully saturated rings. The summed E-state index contributed by atoms with van der Waals surface area (Å²) in [5, 5.41) is 6.32. The number of nitrogens with one attached hydrogen (secondary N) is 1. The van der Waals surface area contributed by atoms with Gasteiger partial charge in [-0.1, -0.05) is 28.1 Å². The number of aromatic nitrogens is 1. The van der Waals surface area contributed by atoms with Gasteiger partial charge in [-0.05, 0) is 31.0 Å². The van der Waals surface area contributed by atoms with Crippen molar-refractivity contribution in [1.29, 1.82) is 0 Å². The summed E-state index contributed by atoms with van der Waals surface area (Å²) in [6.07, 6.45) is 2.52. The molecule has 0 amide bonds. The molecule has 3 N–H and O–H groups in total. The van der Waals surface area contributed by atoms with E-state index in [9.17, 15) is 0 Å². The standard InChI is InChI=1S/C13H12BrN3S2/c14-8-3-4-9(12(15)18)10(5-8)16-13-17-11(6-19-13)7-1-2-7/h3-7H,1-2H2,(H2,15,18)(H,16,17). The lowest BCUT2D eigenvalue weighted by Crippen LogP contribution is -2.11. The smallest absolute Gasteiger partial charge is 0.187 e. The molecule has 1 aromatic carbocycles. The highest BCUT2D eigenvalue weighted by molar-refractivity contribution is 9.10. The first kappa shape index (κ1) is 13.0. The summed E-state index contributed by atoms with van der Waals surface area (Å²) >= 11 is 10.1. The Kier molecular flexibility index (Phi) is 3.56. The molecule has 0 saturated heterocycles. The predicted octanol–water partition coefficient (Wildman–Crippen LogP) is 4.16.